The number of thiocarbonyl (C=S) groups is 1. The molecule has 5 nitrogen and oxygen atoms in total. The molecule has 0 bridgehead atoms. The molecular formula is C17H20N4OS. The Morgan fingerprint density at radius 3 is 2.43 bits per heavy atom. The number of pyridine rings is 1. The predicted molar refractivity (Wildman–Crippen MR) is 97.2 cm³/mol. The van der Waals surface area contributed by atoms with E-state index in [1.807, 2.05) is 48.7 Å². The highest BCUT2D eigenvalue weighted by Crippen LogP contribution is 2.17. The average Bonchev–Trinajstić information content (AvgIpc) is 2.63. The number of hydrogen-bond donors (Lipinski definition) is 1. The zero-order valence-corrected chi connectivity index (χ0v) is 13.9. The van der Waals surface area contributed by atoms with Gasteiger partial charge >= 0.3 is 0 Å². The maximum Gasteiger partial charge on any atom is 0.173 e. The smallest absolute Gasteiger partial charge is 0.173 e. The molecule has 6 heteroatoms. The fraction of sp³-hybridized carbons (Fsp3) is 0.294. The highest BCUT2D eigenvalue weighted by molar-refractivity contribution is 7.80. The molecule has 0 saturated carbocycles. The standard InChI is InChI=1S/C17H20N4OS/c1-22-15-7-5-14(6-8-15)19-17(23)21-12-10-20(11-13-21)16-4-2-3-9-18-16/h2-9H,10-13H2,1H3,(H,19,23). The Balaban J connectivity index is 1.53. The summed E-state index contributed by atoms with van der Waals surface area (Å²) in [7, 11) is 1.66. The third-order valence-electron chi connectivity index (χ3n) is 3.88. The summed E-state index contributed by atoms with van der Waals surface area (Å²) in [6, 6.07) is 13.8. The molecule has 0 atom stereocenters. The summed E-state index contributed by atoms with van der Waals surface area (Å²) in [6.45, 7) is 3.61. The van der Waals surface area contributed by atoms with Gasteiger partial charge in [0.15, 0.2) is 5.11 Å². The van der Waals surface area contributed by atoms with E-state index in [1.54, 1.807) is 7.11 Å². The van der Waals surface area contributed by atoms with Crippen LogP contribution in [0.15, 0.2) is 48.7 Å². The number of aromatic nitrogens is 1. The first kappa shape index (κ1) is 15.6. The van der Waals surface area contributed by atoms with Crippen molar-refractivity contribution in [1.29, 1.82) is 0 Å². The fourth-order valence-electron chi connectivity index (χ4n) is 2.56. The van der Waals surface area contributed by atoms with Crippen LogP contribution in [0.25, 0.3) is 0 Å². The largest absolute Gasteiger partial charge is 0.497 e. The van der Waals surface area contributed by atoms with Gasteiger partial charge in [0.1, 0.15) is 11.6 Å². The van der Waals surface area contributed by atoms with Crippen LogP contribution in [-0.4, -0.2) is 48.3 Å². The van der Waals surface area contributed by atoms with Gasteiger partial charge in [-0.05, 0) is 48.6 Å². The highest BCUT2D eigenvalue weighted by atomic mass is 32.1. The normalized spacial score (nSPS) is 14.5. The van der Waals surface area contributed by atoms with Gasteiger partial charge in [0.2, 0.25) is 0 Å². The van der Waals surface area contributed by atoms with Gasteiger partial charge in [-0.1, -0.05) is 6.07 Å². The summed E-state index contributed by atoms with van der Waals surface area (Å²) in [5.41, 5.74) is 0.975. The van der Waals surface area contributed by atoms with Crippen LogP contribution < -0.4 is 15.0 Å². The number of rotatable bonds is 3. The molecule has 2 aromatic rings. The summed E-state index contributed by atoms with van der Waals surface area (Å²) in [4.78, 5) is 8.88. The Morgan fingerprint density at radius 1 is 1.09 bits per heavy atom. The number of nitrogens with one attached hydrogen (secondary N) is 1. The maximum absolute atomic E-state index is 5.52. The molecule has 1 N–H and O–H groups in total. The van der Waals surface area contributed by atoms with Crippen molar-refractivity contribution in [3.63, 3.8) is 0 Å². The van der Waals surface area contributed by atoms with Crippen LogP contribution >= 0.6 is 12.2 Å². The van der Waals surface area contributed by atoms with Gasteiger partial charge in [-0.2, -0.15) is 0 Å². The van der Waals surface area contributed by atoms with E-state index in [2.05, 4.69) is 20.1 Å². The molecule has 120 valence electrons. The van der Waals surface area contributed by atoms with E-state index < -0.39 is 0 Å². The van der Waals surface area contributed by atoms with Crippen LogP contribution in [0, 0.1) is 0 Å². The minimum Gasteiger partial charge on any atom is -0.497 e. The van der Waals surface area contributed by atoms with E-state index in [0.29, 0.717) is 0 Å². The third-order valence-corrected chi connectivity index (χ3v) is 4.24. The minimum atomic E-state index is 0.760. The van der Waals surface area contributed by atoms with Crippen LogP contribution in [0.5, 0.6) is 5.75 Å². The molecule has 1 aromatic carbocycles. The quantitative estimate of drug-likeness (QED) is 0.874. The molecular weight excluding hydrogens is 308 g/mol. The van der Waals surface area contributed by atoms with Gasteiger partial charge in [0, 0.05) is 38.1 Å². The number of benzene rings is 1. The van der Waals surface area contributed by atoms with Crippen molar-refractivity contribution in [3.05, 3.63) is 48.7 Å². The Morgan fingerprint density at radius 2 is 1.83 bits per heavy atom. The number of anilines is 2. The molecule has 1 aliphatic rings. The van der Waals surface area contributed by atoms with Crippen molar-refractivity contribution in [2.75, 3.05) is 43.5 Å². The molecule has 0 radical (unpaired) electrons. The van der Waals surface area contributed by atoms with E-state index in [1.165, 1.54) is 0 Å². The van der Waals surface area contributed by atoms with Gasteiger partial charge < -0.3 is 19.9 Å². The predicted octanol–water partition coefficient (Wildman–Crippen LogP) is 2.61. The van der Waals surface area contributed by atoms with E-state index in [9.17, 15) is 0 Å². The molecule has 0 amide bonds. The molecule has 0 aliphatic carbocycles. The van der Waals surface area contributed by atoms with Crippen LogP contribution in [0.3, 0.4) is 0 Å². The van der Waals surface area contributed by atoms with E-state index in [-0.39, 0.29) is 0 Å². The van der Waals surface area contributed by atoms with E-state index in [4.69, 9.17) is 17.0 Å². The molecule has 1 aliphatic heterocycles. The molecule has 23 heavy (non-hydrogen) atoms. The monoisotopic (exact) mass is 328 g/mol. The summed E-state index contributed by atoms with van der Waals surface area (Å²) < 4.78 is 5.16. The second-order valence-electron chi connectivity index (χ2n) is 5.32. The van der Waals surface area contributed by atoms with Crippen molar-refractivity contribution in [2.24, 2.45) is 0 Å². The topological polar surface area (TPSA) is 40.6 Å². The third kappa shape index (κ3) is 3.90. The number of nitrogens with zero attached hydrogens (tertiary/aromatic N) is 3. The lowest BCUT2D eigenvalue weighted by molar-refractivity contribution is 0.389. The van der Waals surface area contributed by atoms with Gasteiger partial charge in [0.05, 0.1) is 7.11 Å². The summed E-state index contributed by atoms with van der Waals surface area (Å²) in [5.74, 6) is 1.87. The Hall–Kier alpha value is -2.34. The second-order valence-corrected chi connectivity index (χ2v) is 5.71. The summed E-state index contributed by atoms with van der Waals surface area (Å²) >= 11 is 5.52. The van der Waals surface area contributed by atoms with Crippen molar-refractivity contribution in [2.45, 2.75) is 0 Å². The zero-order chi connectivity index (χ0) is 16.1. The van der Waals surface area contributed by atoms with Gasteiger partial charge in [-0.15, -0.1) is 0 Å². The summed E-state index contributed by atoms with van der Waals surface area (Å²) in [5, 5.41) is 4.05. The lowest BCUT2D eigenvalue weighted by Gasteiger charge is -2.36. The molecule has 0 unspecified atom stereocenters. The van der Waals surface area contributed by atoms with Crippen molar-refractivity contribution >= 4 is 28.8 Å². The SMILES string of the molecule is COc1ccc(NC(=S)N2CCN(c3ccccn3)CC2)cc1. The number of ether oxygens (including phenoxy) is 1. The molecule has 0 spiro atoms. The minimum absolute atomic E-state index is 0.760. The number of hydrogen-bond acceptors (Lipinski definition) is 4. The average molecular weight is 328 g/mol. The van der Waals surface area contributed by atoms with Gasteiger partial charge in [-0.25, -0.2) is 4.98 Å². The molecule has 2 heterocycles. The Bertz CT molecular complexity index is 639. The van der Waals surface area contributed by atoms with Crippen LogP contribution in [0.2, 0.25) is 0 Å². The van der Waals surface area contributed by atoms with Crippen molar-refractivity contribution in [1.82, 2.24) is 9.88 Å². The van der Waals surface area contributed by atoms with Gasteiger partial charge in [-0.3, -0.25) is 0 Å². The van der Waals surface area contributed by atoms with Crippen molar-refractivity contribution < 1.29 is 4.74 Å². The van der Waals surface area contributed by atoms with E-state index in [0.717, 1.165) is 48.5 Å². The lowest BCUT2D eigenvalue weighted by Crippen LogP contribution is -2.50. The molecule has 3 rings (SSSR count). The summed E-state index contributed by atoms with van der Waals surface area (Å²) in [6.07, 6.45) is 1.83. The van der Waals surface area contributed by atoms with Gasteiger partial charge in [0.25, 0.3) is 0 Å². The highest BCUT2D eigenvalue weighted by Gasteiger charge is 2.19. The fourth-order valence-corrected chi connectivity index (χ4v) is 2.86. The number of methoxy groups -OCH3 is 1. The zero-order valence-electron chi connectivity index (χ0n) is 13.1. The van der Waals surface area contributed by atoms with Crippen LogP contribution in [0.4, 0.5) is 11.5 Å². The molecule has 1 saturated heterocycles. The second kappa shape index (κ2) is 7.28. The van der Waals surface area contributed by atoms with Crippen LogP contribution in [-0.2, 0) is 0 Å². The number of piperazine rings is 1. The maximum atomic E-state index is 5.52. The lowest BCUT2D eigenvalue weighted by atomic mass is 10.3. The first-order valence-corrected chi connectivity index (χ1v) is 8.03. The molecule has 1 aromatic heterocycles. The first-order valence-electron chi connectivity index (χ1n) is 7.62. The van der Waals surface area contributed by atoms with Crippen LogP contribution in [0.1, 0.15) is 0 Å². The first-order chi connectivity index (χ1) is 11.3. The Kier molecular flexibility index (Phi) is 4.92. The van der Waals surface area contributed by atoms with Crippen molar-refractivity contribution in [3.8, 4) is 5.75 Å². The molecule has 1 fully saturated rings. The van der Waals surface area contributed by atoms with E-state index >= 15 is 0 Å². The Labute approximate surface area is 141 Å².